The Bertz CT molecular complexity index is 549. The molecule has 0 aliphatic heterocycles. The van der Waals surface area contributed by atoms with Gasteiger partial charge in [-0.2, -0.15) is 0 Å². The van der Waals surface area contributed by atoms with Crippen LogP contribution in [0.3, 0.4) is 0 Å². The smallest absolute Gasteiger partial charge is 0.243 e. The number of hydrogen-bond donors (Lipinski definition) is 4. The van der Waals surface area contributed by atoms with Crippen molar-refractivity contribution in [3.05, 3.63) is 30.3 Å². The van der Waals surface area contributed by atoms with Gasteiger partial charge in [0, 0.05) is 18.3 Å². The Kier molecular flexibility index (Phi) is 7.05. The van der Waals surface area contributed by atoms with Crippen LogP contribution in [0.25, 0.3) is 0 Å². The molecule has 0 spiro atoms. The van der Waals surface area contributed by atoms with Crippen molar-refractivity contribution in [2.24, 2.45) is 4.99 Å². The van der Waals surface area contributed by atoms with E-state index >= 15 is 0 Å². The monoisotopic (exact) mass is 319 g/mol. The van der Waals surface area contributed by atoms with Crippen molar-refractivity contribution >= 4 is 23.5 Å². The van der Waals surface area contributed by atoms with Gasteiger partial charge in [-0.05, 0) is 32.9 Å². The van der Waals surface area contributed by atoms with Crippen molar-refractivity contribution in [1.29, 1.82) is 0 Å². The number of carbonyl (C=O) groups is 2. The van der Waals surface area contributed by atoms with E-state index in [4.69, 9.17) is 0 Å². The molecule has 0 heterocycles. The fourth-order valence-corrected chi connectivity index (χ4v) is 1.74. The molecule has 1 rings (SSSR count). The molecule has 0 saturated carbocycles. The third-order valence-electron chi connectivity index (χ3n) is 2.63. The van der Waals surface area contributed by atoms with E-state index in [1.807, 2.05) is 51.1 Å². The van der Waals surface area contributed by atoms with Crippen molar-refractivity contribution in [3.63, 3.8) is 0 Å². The summed E-state index contributed by atoms with van der Waals surface area (Å²) in [5.74, 6) is 0.0461. The van der Waals surface area contributed by atoms with Crippen LogP contribution in [-0.2, 0) is 9.59 Å². The molecule has 1 aromatic carbocycles. The number of nitrogens with one attached hydrogen (secondary N) is 4. The van der Waals surface area contributed by atoms with Crippen LogP contribution in [0.4, 0.5) is 5.69 Å². The van der Waals surface area contributed by atoms with E-state index in [1.54, 1.807) is 7.05 Å². The zero-order valence-corrected chi connectivity index (χ0v) is 14.1. The van der Waals surface area contributed by atoms with Gasteiger partial charge in [0.05, 0.1) is 13.1 Å². The molecule has 126 valence electrons. The number of aliphatic imine (C=N–C) groups is 1. The van der Waals surface area contributed by atoms with Crippen molar-refractivity contribution in [1.82, 2.24) is 16.0 Å². The molecule has 0 bridgehead atoms. The van der Waals surface area contributed by atoms with E-state index in [9.17, 15) is 9.59 Å². The van der Waals surface area contributed by atoms with Gasteiger partial charge in [0.1, 0.15) is 0 Å². The topological polar surface area (TPSA) is 94.6 Å². The van der Waals surface area contributed by atoms with Gasteiger partial charge >= 0.3 is 0 Å². The van der Waals surface area contributed by atoms with Gasteiger partial charge in [-0.15, -0.1) is 0 Å². The molecule has 0 aromatic heterocycles. The van der Waals surface area contributed by atoms with E-state index in [0.717, 1.165) is 5.69 Å². The van der Waals surface area contributed by atoms with Crippen molar-refractivity contribution < 1.29 is 9.59 Å². The van der Waals surface area contributed by atoms with Crippen molar-refractivity contribution in [2.45, 2.75) is 26.3 Å². The summed E-state index contributed by atoms with van der Waals surface area (Å²) in [4.78, 5) is 27.5. The Morgan fingerprint density at radius 1 is 1.00 bits per heavy atom. The number of rotatable bonds is 5. The van der Waals surface area contributed by atoms with Gasteiger partial charge in [0.25, 0.3) is 0 Å². The largest absolute Gasteiger partial charge is 0.350 e. The summed E-state index contributed by atoms with van der Waals surface area (Å²) in [6, 6.07) is 9.18. The molecule has 0 fully saturated rings. The van der Waals surface area contributed by atoms with Crippen LogP contribution in [-0.4, -0.2) is 43.5 Å². The van der Waals surface area contributed by atoms with Crippen LogP contribution in [0.1, 0.15) is 20.8 Å². The number of guanidine groups is 1. The van der Waals surface area contributed by atoms with Gasteiger partial charge in [0.15, 0.2) is 5.96 Å². The van der Waals surface area contributed by atoms with E-state index in [0.29, 0.717) is 5.96 Å². The Labute approximate surface area is 136 Å². The molecule has 0 aliphatic rings. The van der Waals surface area contributed by atoms with Crippen molar-refractivity contribution in [3.8, 4) is 0 Å². The molecule has 0 unspecified atom stereocenters. The fourth-order valence-electron chi connectivity index (χ4n) is 1.74. The maximum atomic E-state index is 11.8. The molecular formula is C16H25N5O2. The average Bonchev–Trinajstić information content (AvgIpc) is 2.46. The lowest BCUT2D eigenvalue weighted by Crippen LogP contribution is -2.49. The third kappa shape index (κ3) is 8.45. The number of anilines is 1. The Balaban J connectivity index is 2.34. The zero-order valence-electron chi connectivity index (χ0n) is 14.1. The van der Waals surface area contributed by atoms with Gasteiger partial charge in [-0.25, -0.2) is 0 Å². The molecule has 0 saturated heterocycles. The number of amides is 2. The minimum Gasteiger partial charge on any atom is -0.350 e. The normalized spacial score (nSPS) is 11.6. The summed E-state index contributed by atoms with van der Waals surface area (Å²) in [6.45, 7) is 5.86. The lowest BCUT2D eigenvalue weighted by atomic mass is 10.1. The first-order valence-corrected chi connectivity index (χ1v) is 7.40. The fraction of sp³-hybridized carbons (Fsp3) is 0.438. The first-order valence-electron chi connectivity index (χ1n) is 7.40. The molecule has 0 aliphatic carbocycles. The number of para-hydroxylation sites is 1. The molecule has 0 atom stereocenters. The molecule has 1 aromatic rings. The quantitative estimate of drug-likeness (QED) is 0.475. The molecular weight excluding hydrogens is 294 g/mol. The van der Waals surface area contributed by atoms with Gasteiger partial charge in [-0.1, -0.05) is 18.2 Å². The Morgan fingerprint density at radius 3 is 2.09 bits per heavy atom. The maximum Gasteiger partial charge on any atom is 0.243 e. The highest BCUT2D eigenvalue weighted by molar-refractivity contribution is 5.95. The number of carbonyl (C=O) groups excluding carboxylic acids is 2. The first-order chi connectivity index (χ1) is 10.8. The van der Waals surface area contributed by atoms with Gasteiger partial charge < -0.3 is 21.3 Å². The number of nitrogens with zero attached hydrogens (tertiary/aromatic N) is 1. The Morgan fingerprint density at radius 2 is 1.57 bits per heavy atom. The van der Waals surface area contributed by atoms with Crippen molar-refractivity contribution in [2.75, 3.05) is 25.5 Å². The summed E-state index contributed by atoms with van der Waals surface area (Å²) in [5.41, 5.74) is 0.442. The predicted molar refractivity (Wildman–Crippen MR) is 92.3 cm³/mol. The van der Waals surface area contributed by atoms with Crippen LogP contribution in [0.2, 0.25) is 0 Å². The molecule has 2 amide bonds. The molecule has 4 N–H and O–H groups in total. The molecule has 0 radical (unpaired) electrons. The highest BCUT2D eigenvalue weighted by Crippen LogP contribution is 2.03. The SMILES string of the molecule is CN=C(NCC(=O)Nc1ccccc1)NCC(=O)NC(C)(C)C. The maximum absolute atomic E-state index is 11.8. The lowest BCUT2D eigenvalue weighted by Gasteiger charge is -2.21. The number of hydrogen-bond acceptors (Lipinski definition) is 3. The number of benzene rings is 1. The van der Waals surface area contributed by atoms with E-state index in [-0.39, 0.29) is 30.4 Å². The van der Waals surface area contributed by atoms with Gasteiger partial charge in [0.2, 0.25) is 11.8 Å². The van der Waals surface area contributed by atoms with Crippen LogP contribution in [0, 0.1) is 0 Å². The molecule has 23 heavy (non-hydrogen) atoms. The first kappa shape index (κ1) is 18.5. The van der Waals surface area contributed by atoms with Crippen LogP contribution < -0.4 is 21.3 Å². The molecule has 7 nitrogen and oxygen atoms in total. The van der Waals surface area contributed by atoms with Crippen LogP contribution >= 0.6 is 0 Å². The minimum absolute atomic E-state index is 0.0510. The summed E-state index contributed by atoms with van der Waals surface area (Å²) in [5, 5.41) is 11.3. The second kappa shape index (κ2) is 8.77. The second-order valence-corrected chi connectivity index (χ2v) is 5.99. The van der Waals surface area contributed by atoms with Crippen LogP contribution in [0.15, 0.2) is 35.3 Å². The second-order valence-electron chi connectivity index (χ2n) is 5.99. The van der Waals surface area contributed by atoms with E-state index < -0.39 is 0 Å². The standard InChI is InChI=1S/C16H25N5O2/c1-16(2,3)21-14(23)11-19-15(17-4)18-10-13(22)20-12-8-6-5-7-9-12/h5-9H,10-11H2,1-4H3,(H,20,22)(H,21,23)(H2,17,18,19). The summed E-state index contributed by atoms with van der Waals surface area (Å²) in [7, 11) is 1.58. The molecule has 7 heteroatoms. The zero-order chi connectivity index (χ0) is 17.3. The Hall–Kier alpha value is -2.57. The van der Waals surface area contributed by atoms with E-state index in [1.165, 1.54) is 0 Å². The summed E-state index contributed by atoms with van der Waals surface area (Å²) in [6.07, 6.45) is 0. The highest BCUT2D eigenvalue weighted by atomic mass is 16.2. The van der Waals surface area contributed by atoms with Crippen LogP contribution in [0.5, 0.6) is 0 Å². The summed E-state index contributed by atoms with van der Waals surface area (Å²) < 4.78 is 0. The van der Waals surface area contributed by atoms with E-state index in [2.05, 4.69) is 26.3 Å². The predicted octanol–water partition coefficient (Wildman–Crippen LogP) is 0.705. The average molecular weight is 319 g/mol. The van der Waals surface area contributed by atoms with Gasteiger partial charge in [-0.3, -0.25) is 14.6 Å². The third-order valence-corrected chi connectivity index (χ3v) is 2.63. The highest BCUT2D eigenvalue weighted by Gasteiger charge is 2.13. The summed E-state index contributed by atoms with van der Waals surface area (Å²) >= 11 is 0. The lowest BCUT2D eigenvalue weighted by molar-refractivity contribution is -0.121. The minimum atomic E-state index is -0.286.